The molecule has 3 aromatic rings. The predicted octanol–water partition coefficient (Wildman–Crippen LogP) is 3.25. The van der Waals surface area contributed by atoms with Crippen LogP contribution in [0.1, 0.15) is 21.5 Å². The number of aryl methyl sites for hydroxylation is 2. The van der Waals surface area contributed by atoms with Gasteiger partial charge in [0, 0.05) is 5.56 Å². The monoisotopic (exact) mass is 324 g/mol. The van der Waals surface area contributed by atoms with Crippen molar-refractivity contribution >= 4 is 17.5 Å². The SMILES string of the molecule is Cc1ccc(C)c(C(=O)CSc2nnnn2-c2ccccc2)c1. The van der Waals surface area contributed by atoms with Gasteiger partial charge in [-0.05, 0) is 48.0 Å². The van der Waals surface area contributed by atoms with Gasteiger partial charge in [-0.1, -0.05) is 47.7 Å². The molecule has 1 heterocycles. The average molecular weight is 324 g/mol. The number of ketones is 1. The molecule has 0 aliphatic carbocycles. The van der Waals surface area contributed by atoms with E-state index >= 15 is 0 Å². The number of nitrogens with zero attached hydrogens (tertiary/aromatic N) is 4. The summed E-state index contributed by atoms with van der Waals surface area (Å²) in [5.41, 5.74) is 3.71. The Hall–Kier alpha value is -2.47. The Balaban J connectivity index is 1.76. The van der Waals surface area contributed by atoms with E-state index < -0.39 is 0 Å². The first-order valence-electron chi connectivity index (χ1n) is 7.22. The van der Waals surface area contributed by atoms with Crippen LogP contribution in [0.4, 0.5) is 0 Å². The van der Waals surface area contributed by atoms with E-state index in [1.54, 1.807) is 4.68 Å². The molecule has 0 bridgehead atoms. The molecule has 23 heavy (non-hydrogen) atoms. The molecular formula is C17H16N4OS. The number of carbonyl (C=O) groups excluding carboxylic acids is 1. The van der Waals surface area contributed by atoms with E-state index in [2.05, 4.69) is 15.5 Å². The van der Waals surface area contributed by atoms with Crippen LogP contribution in [0.25, 0.3) is 5.69 Å². The van der Waals surface area contributed by atoms with Crippen molar-refractivity contribution in [1.82, 2.24) is 20.2 Å². The number of para-hydroxylation sites is 1. The van der Waals surface area contributed by atoms with E-state index in [4.69, 9.17) is 0 Å². The third-order valence-electron chi connectivity index (χ3n) is 3.47. The van der Waals surface area contributed by atoms with E-state index in [0.29, 0.717) is 10.9 Å². The number of aromatic nitrogens is 4. The van der Waals surface area contributed by atoms with E-state index in [0.717, 1.165) is 22.4 Å². The summed E-state index contributed by atoms with van der Waals surface area (Å²) in [5, 5.41) is 12.3. The molecule has 0 unspecified atom stereocenters. The first-order valence-corrected chi connectivity index (χ1v) is 8.21. The summed E-state index contributed by atoms with van der Waals surface area (Å²) >= 11 is 1.34. The summed E-state index contributed by atoms with van der Waals surface area (Å²) in [4.78, 5) is 12.5. The minimum Gasteiger partial charge on any atom is -0.293 e. The maximum atomic E-state index is 12.5. The lowest BCUT2D eigenvalue weighted by molar-refractivity contribution is 0.102. The summed E-state index contributed by atoms with van der Waals surface area (Å²) in [6.07, 6.45) is 0. The van der Waals surface area contributed by atoms with Gasteiger partial charge in [-0.2, -0.15) is 4.68 Å². The Kier molecular flexibility index (Phi) is 4.52. The second kappa shape index (κ2) is 6.75. The number of Topliss-reactive ketones (excluding diaryl/α,β-unsaturated/α-hetero) is 1. The fraction of sp³-hybridized carbons (Fsp3) is 0.176. The van der Waals surface area contributed by atoms with Crippen LogP contribution in [-0.4, -0.2) is 31.7 Å². The van der Waals surface area contributed by atoms with Gasteiger partial charge >= 0.3 is 0 Å². The van der Waals surface area contributed by atoms with E-state index in [1.807, 2.05) is 62.4 Å². The van der Waals surface area contributed by atoms with Gasteiger partial charge in [-0.3, -0.25) is 4.79 Å². The Labute approximate surface area is 138 Å². The van der Waals surface area contributed by atoms with Crippen molar-refractivity contribution in [3.8, 4) is 5.69 Å². The standard InChI is InChI=1S/C17H16N4OS/c1-12-8-9-13(2)15(10-12)16(22)11-23-17-18-19-20-21(17)14-6-4-3-5-7-14/h3-10H,11H2,1-2H3. The Bertz CT molecular complexity index is 830. The van der Waals surface area contributed by atoms with Crippen molar-refractivity contribution in [3.05, 3.63) is 65.2 Å². The van der Waals surface area contributed by atoms with Crippen LogP contribution in [0.2, 0.25) is 0 Å². The largest absolute Gasteiger partial charge is 0.293 e. The number of hydrogen-bond donors (Lipinski definition) is 0. The Morgan fingerprint density at radius 1 is 1.13 bits per heavy atom. The van der Waals surface area contributed by atoms with Crippen LogP contribution in [0, 0.1) is 13.8 Å². The van der Waals surface area contributed by atoms with Crippen LogP contribution in [0.5, 0.6) is 0 Å². The van der Waals surface area contributed by atoms with Crippen molar-refractivity contribution in [3.63, 3.8) is 0 Å². The van der Waals surface area contributed by atoms with Crippen LogP contribution >= 0.6 is 11.8 Å². The maximum Gasteiger partial charge on any atom is 0.214 e. The lowest BCUT2D eigenvalue weighted by atomic mass is 10.0. The van der Waals surface area contributed by atoms with Gasteiger partial charge in [-0.15, -0.1) is 5.10 Å². The van der Waals surface area contributed by atoms with Gasteiger partial charge in [0.05, 0.1) is 11.4 Å². The first kappa shape index (κ1) is 15.4. The molecule has 0 atom stereocenters. The molecule has 0 fully saturated rings. The summed E-state index contributed by atoms with van der Waals surface area (Å²) in [7, 11) is 0. The molecule has 0 amide bonds. The zero-order valence-electron chi connectivity index (χ0n) is 12.9. The number of tetrazole rings is 1. The second-order valence-corrected chi connectivity index (χ2v) is 6.18. The highest BCUT2D eigenvalue weighted by atomic mass is 32.2. The summed E-state index contributed by atoms with van der Waals surface area (Å²) in [6, 6.07) is 15.5. The minimum atomic E-state index is 0.0822. The van der Waals surface area contributed by atoms with Crippen LogP contribution in [-0.2, 0) is 0 Å². The maximum absolute atomic E-state index is 12.5. The molecule has 0 aliphatic rings. The molecule has 6 heteroatoms. The summed E-state index contributed by atoms with van der Waals surface area (Å²) in [6.45, 7) is 3.94. The fourth-order valence-corrected chi connectivity index (χ4v) is 3.02. The number of carbonyl (C=O) groups is 1. The molecule has 0 saturated carbocycles. The number of benzene rings is 2. The molecule has 1 aromatic heterocycles. The molecule has 116 valence electrons. The van der Waals surface area contributed by atoms with Crippen molar-refractivity contribution in [1.29, 1.82) is 0 Å². The molecule has 0 aliphatic heterocycles. The van der Waals surface area contributed by atoms with E-state index in [9.17, 15) is 4.79 Å². The topological polar surface area (TPSA) is 60.7 Å². The number of thioether (sulfide) groups is 1. The lowest BCUT2D eigenvalue weighted by Gasteiger charge is -2.06. The highest BCUT2D eigenvalue weighted by Gasteiger charge is 2.14. The zero-order chi connectivity index (χ0) is 16.2. The number of hydrogen-bond acceptors (Lipinski definition) is 5. The molecule has 2 aromatic carbocycles. The third-order valence-corrected chi connectivity index (χ3v) is 4.39. The summed E-state index contributed by atoms with van der Waals surface area (Å²) < 4.78 is 1.64. The minimum absolute atomic E-state index is 0.0822. The molecule has 5 nitrogen and oxygen atoms in total. The second-order valence-electron chi connectivity index (χ2n) is 5.24. The van der Waals surface area contributed by atoms with Crippen LogP contribution in [0.15, 0.2) is 53.7 Å². The number of rotatable bonds is 5. The van der Waals surface area contributed by atoms with Crippen LogP contribution < -0.4 is 0 Å². The first-order chi connectivity index (χ1) is 11.1. The van der Waals surface area contributed by atoms with Crippen molar-refractivity contribution in [2.24, 2.45) is 0 Å². The molecule has 3 rings (SSSR count). The lowest BCUT2D eigenvalue weighted by Crippen LogP contribution is -2.07. The quantitative estimate of drug-likeness (QED) is 0.532. The van der Waals surface area contributed by atoms with Gasteiger partial charge in [0.15, 0.2) is 5.78 Å². The molecule has 0 N–H and O–H groups in total. The van der Waals surface area contributed by atoms with Crippen LogP contribution in [0.3, 0.4) is 0 Å². The smallest absolute Gasteiger partial charge is 0.214 e. The highest BCUT2D eigenvalue weighted by molar-refractivity contribution is 7.99. The Morgan fingerprint density at radius 3 is 2.70 bits per heavy atom. The summed E-state index contributed by atoms with van der Waals surface area (Å²) in [5.74, 6) is 0.385. The van der Waals surface area contributed by atoms with E-state index in [1.165, 1.54) is 11.8 Å². The van der Waals surface area contributed by atoms with Crippen molar-refractivity contribution in [2.75, 3.05) is 5.75 Å². The molecule has 0 spiro atoms. The highest BCUT2D eigenvalue weighted by Crippen LogP contribution is 2.20. The molecule has 0 radical (unpaired) electrons. The Morgan fingerprint density at radius 2 is 1.91 bits per heavy atom. The van der Waals surface area contributed by atoms with Gasteiger partial charge in [-0.25, -0.2) is 0 Å². The van der Waals surface area contributed by atoms with E-state index in [-0.39, 0.29) is 5.78 Å². The molecule has 0 saturated heterocycles. The molecular weight excluding hydrogens is 308 g/mol. The van der Waals surface area contributed by atoms with Crippen molar-refractivity contribution < 1.29 is 4.79 Å². The normalized spacial score (nSPS) is 10.7. The van der Waals surface area contributed by atoms with Crippen molar-refractivity contribution in [2.45, 2.75) is 19.0 Å². The van der Waals surface area contributed by atoms with Gasteiger partial charge in [0.25, 0.3) is 0 Å². The fourth-order valence-electron chi connectivity index (χ4n) is 2.24. The third kappa shape index (κ3) is 3.48. The van der Waals surface area contributed by atoms with Gasteiger partial charge < -0.3 is 0 Å². The zero-order valence-corrected chi connectivity index (χ0v) is 13.7. The predicted molar refractivity (Wildman–Crippen MR) is 90.1 cm³/mol. The average Bonchev–Trinajstić information content (AvgIpc) is 3.04. The van der Waals surface area contributed by atoms with Gasteiger partial charge in [0.1, 0.15) is 0 Å². The van der Waals surface area contributed by atoms with Gasteiger partial charge in [0.2, 0.25) is 5.16 Å².